The molecule has 0 unspecified atom stereocenters. The number of carbonyl (C=O) groups is 1. The van der Waals surface area contributed by atoms with Crippen molar-refractivity contribution in [1.29, 1.82) is 0 Å². The molecule has 2 aromatic carbocycles. The molecule has 0 bridgehead atoms. The summed E-state index contributed by atoms with van der Waals surface area (Å²) >= 11 is 12.0. The molecule has 0 aliphatic rings. The summed E-state index contributed by atoms with van der Waals surface area (Å²) in [5.74, 6) is 0.561. The van der Waals surface area contributed by atoms with Gasteiger partial charge in [-0.2, -0.15) is 0 Å². The van der Waals surface area contributed by atoms with Crippen molar-refractivity contribution in [2.45, 2.75) is 33.4 Å². The molecule has 3 nitrogen and oxygen atoms in total. The Morgan fingerprint density at radius 1 is 1.12 bits per heavy atom. The average Bonchev–Trinajstić information content (AvgIpc) is 2.53. The van der Waals surface area contributed by atoms with Gasteiger partial charge in [-0.3, -0.25) is 4.79 Å². The second-order valence-corrected chi connectivity index (χ2v) is 6.77. The lowest BCUT2D eigenvalue weighted by Gasteiger charge is -2.22. The van der Waals surface area contributed by atoms with Crippen LogP contribution >= 0.6 is 23.2 Å². The molecule has 0 aliphatic carbocycles. The Kier molecular flexibility index (Phi) is 6.14. The zero-order chi connectivity index (χ0) is 17.9. The Bertz CT molecular complexity index is 706. The van der Waals surface area contributed by atoms with E-state index in [1.54, 1.807) is 18.9 Å². The Balaban J connectivity index is 2.02. The highest BCUT2D eigenvalue weighted by atomic mass is 35.5. The van der Waals surface area contributed by atoms with Gasteiger partial charge in [-0.25, -0.2) is 0 Å². The van der Waals surface area contributed by atoms with Crippen LogP contribution in [0.1, 0.15) is 23.6 Å². The number of nitrogens with zero attached hydrogens (tertiary/aromatic N) is 1. The van der Waals surface area contributed by atoms with Crippen LogP contribution in [0.5, 0.6) is 5.75 Å². The van der Waals surface area contributed by atoms with Crippen LogP contribution in [0.4, 0.5) is 0 Å². The van der Waals surface area contributed by atoms with Crippen LogP contribution < -0.4 is 4.74 Å². The SMILES string of the molecule is Cc1cc(O[C@H](C)C(=O)N(C)Cc2ccc(Cl)cc2)cc(C)c1Cl. The summed E-state index contributed by atoms with van der Waals surface area (Å²) in [4.78, 5) is 14.1. The molecule has 0 saturated carbocycles. The molecule has 0 aliphatic heterocycles. The van der Waals surface area contributed by atoms with Gasteiger partial charge < -0.3 is 9.64 Å². The summed E-state index contributed by atoms with van der Waals surface area (Å²) < 4.78 is 5.80. The van der Waals surface area contributed by atoms with Crippen molar-refractivity contribution in [1.82, 2.24) is 4.90 Å². The third-order valence-corrected chi connectivity index (χ3v) is 4.63. The van der Waals surface area contributed by atoms with E-state index in [2.05, 4.69) is 0 Å². The van der Waals surface area contributed by atoms with E-state index in [1.165, 1.54) is 0 Å². The summed E-state index contributed by atoms with van der Waals surface area (Å²) in [7, 11) is 1.76. The Morgan fingerprint density at radius 2 is 1.67 bits per heavy atom. The molecule has 1 amide bonds. The third kappa shape index (κ3) is 4.65. The van der Waals surface area contributed by atoms with Gasteiger partial charge in [-0.05, 0) is 61.7 Å². The van der Waals surface area contributed by atoms with E-state index in [9.17, 15) is 4.79 Å². The van der Waals surface area contributed by atoms with Crippen LogP contribution in [0.25, 0.3) is 0 Å². The first-order valence-corrected chi connectivity index (χ1v) is 8.46. The van der Waals surface area contributed by atoms with Crippen LogP contribution in [-0.2, 0) is 11.3 Å². The van der Waals surface area contributed by atoms with Crippen LogP contribution in [0.3, 0.4) is 0 Å². The smallest absolute Gasteiger partial charge is 0.263 e. The zero-order valence-corrected chi connectivity index (χ0v) is 15.8. The van der Waals surface area contributed by atoms with Crippen molar-refractivity contribution in [2.75, 3.05) is 7.05 Å². The lowest BCUT2D eigenvalue weighted by Crippen LogP contribution is -2.37. The summed E-state index contributed by atoms with van der Waals surface area (Å²) in [6.45, 7) is 6.09. The monoisotopic (exact) mass is 365 g/mol. The summed E-state index contributed by atoms with van der Waals surface area (Å²) in [6, 6.07) is 11.1. The van der Waals surface area contributed by atoms with Gasteiger partial charge in [0, 0.05) is 23.6 Å². The molecule has 0 spiro atoms. The van der Waals surface area contributed by atoms with E-state index >= 15 is 0 Å². The van der Waals surface area contributed by atoms with Crippen molar-refractivity contribution >= 4 is 29.1 Å². The van der Waals surface area contributed by atoms with Gasteiger partial charge >= 0.3 is 0 Å². The molecule has 0 aromatic heterocycles. The third-order valence-electron chi connectivity index (χ3n) is 3.78. The fourth-order valence-electron chi connectivity index (χ4n) is 2.48. The number of ether oxygens (including phenoxy) is 1. The lowest BCUT2D eigenvalue weighted by molar-refractivity contribution is -0.137. The molecule has 24 heavy (non-hydrogen) atoms. The van der Waals surface area contributed by atoms with Gasteiger partial charge in [0.25, 0.3) is 5.91 Å². The first-order valence-electron chi connectivity index (χ1n) is 7.70. The maximum atomic E-state index is 12.5. The average molecular weight is 366 g/mol. The summed E-state index contributed by atoms with van der Waals surface area (Å²) in [5, 5.41) is 1.40. The van der Waals surface area contributed by atoms with Gasteiger partial charge in [-0.1, -0.05) is 35.3 Å². The number of benzene rings is 2. The number of aryl methyl sites for hydroxylation is 2. The number of carbonyl (C=O) groups excluding carboxylic acids is 1. The molecule has 0 saturated heterocycles. The number of halogens is 2. The first kappa shape index (κ1) is 18.6. The molecule has 0 fully saturated rings. The molecule has 0 N–H and O–H groups in total. The van der Waals surface area contributed by atoms with E-state index < -0.39 is 6.10 Å². The van der Waals surface area contributed by atoms with Crippen molar-refractivity contribution in [3.63, 3.8) is 0 Å². The fourth-order valence-corrected chi connectivity index (χ4v) is 2.72. The molecule has 5 heteroatoms. The van der Waals surface area contributed by atoms with Crippen molar-refractivity contribution in [3.05, 3.63) is 63.1 Å². The number of likely N-dealkylation sites (N-methyl/N-ethyl adjacent to an activating group) is 1. The quantitative estimate of drug-likeness (QED) is 0.742. The highest BCUT2D eigenvalue weighted by molar-refractivity contribution is 6.32. The van der Waals surface area contributed by atoms with E-state index in [4.69, 9.17) is 27.9 Å². The maximum absolute atomic E-state index is 12.5. The molecule has 0 heterocycles. The predicted octanol–water partition coefficient (Wildman–Crippen LogP) is 5.04. The van der Waals surface area contributed by atoms with Crippen LogP contribution in [0.2, 0.25) is 10.0 Å². The molecule has 2 rings (SSSR count). The maximum Gasteiger partial charge on any atom is 0.263 e. The Hall–Kier alpha value is -1.71. The van der Waals surface area contributed by atoms with Gasteiger partial charge in [0.2, 0.25) is 0 Å². The largest absolute Gasteiger partial charge is 0.481 e. The summed E-state index contributed by atoms with van der Waals surface area (Å²) in [6.07, 6.45) is -0.581. The molecular weight excluding hydrogens is 345 g/mol. The van der Waals surface area contributed by atoms with Crippen molar-refractivity contribution in [2.24, 2.45) is 0 Å². The van der Waals surface area contributed by atoms with Gasteiger partial charge in [-0.15, -0.1) is 0 Å². The minimum Gasteiger partial charge on any atom is -0.481 e. The molecule has 1 atom stereocenters. The predicted molar refractivity (Wildman–Crippen MR) is 98.9 cm³/mol. The zero-order valence-electron chi connectivity index (χ0n) is 14.3. The van der Waals surface area contributed by atoms with E-state index in [1.807, 2.05) is 50.2 Å². The molecule has 128 valence electrons. The second kappa shape index (κ2) is 7.91. The molecule has 2 aromatic rings. The summed E-state index contributed by atoms with van der Waals surface area (Å²) in [5.41, 5.74) is 2.88. The number of hydrogen-bond acceptors (Lipinski definition) is 2. The first-order chi connectivity index (χ1) is 11.3. The van der Waals surface area contributed by atoms with E-state index in [0.717, 1.165) is 21.7 Å². The highest BCUT2D eigenvalue weighted by Crippen LogP contribution is 2.26. The van der Waals surface area contributed by atoms with Gasteiger partial charge in [0.05, 0.1) is 0 Å². The Labute approximate surface area is 153 Å². The second-order valence-electron chi connectivity index (χ2n) is 5.95. The van der Waals surface area contributed by atoms with E-state index in [-0.39, 0.29) is 5.91 Å². The van der Waals surface area contributed by atoms with Gasteiger partial charge in [0.1, 0.15) is 5.75 Å². The van der Waals surface area contributed by atoms with Crippen LogP contribution in [-0.4, -0.2) is 24.0 Å². The molecular formula is C19H21Cl2NO2. The highest BCUT2D eigenvalue weighted by Gasteiger charge is 2.20. The van der Waals surface area contributed by atoms with Gasteiger partial charge in [0.15, 0.2) is 6.10 Å². The lowest BCUT2D eigenvalue weighted by atomic mass is 10.1. The minimum absolute atomic E-state index is 0.0878. The van der Waals surface area contributed by atoms with Crippen molar-refractivity contribution in [3.8, 4) is 5.75 Å². The van der Waals surface area contributed by atoms with Crippen LogP contribution in [0.15, 0.2) is 36.4 Å². The molecule has 0 radical (unpaired) electrons. The van der Waals surface area contributed by atoms with E-state index in [0.29, 0.717) is 17.3 Å². The Morgan fingerprint density at radius 3 is 2.21 bits per heavy atom. The topological polar surface area (TPSA) is 29.5 Å². The van der Waals surface area contributed by atoms with Crippen molar-refractivity contribution < 1.29 is 9.53 Å². The standard InChI is InChI=1S/C19H21Cl2NO2/c1-12-9-17(10-13(2)18(12)21)24-14(3)19(23)22(4)11-15-5-7-16(20)8-6-15/h5-10,14H,11H2,1-4H3/t14-/m1/s1. The van der Waals surface area contributed by atoms with Crippen LogP contribution in [0, 0.1) is 13.8 Å². The number of amides is 1. The number of rotatable bonds is 5. The number of hydrogen-bond donors (Lipinski definition) is 0. The normalized spacial score (nSPS) is 11.9. The minimum atomic E-state index is -0.581. The fraction of sp³-hybridized carbons (Fsp3) is 0.316.